The van der Waals surface area contributed by atoms with E-state index in [0.29, 0.717) is 31.9 Å². The van der Waals surface area contributed by atoms with Crippen molar-refractivity contribution in [1.29, 1.82) is 0 Å². The minimum absolute atomic E-state index is 0.00776. The van der Waals surface area contributed by atoms with Crippen LogP contribution in [-0.4, -0.2) is 68.9 Å². The van der Waals surface area contributed by atoms with Crippen LogP contribution in [0.4, 0.5) is 11.4 Å². The van der Waals surface area contributed by atoms with Gasteiger partial charge in [0, 0.05) is 45.3 Å². The van der Waals surface area contributed by atoms with Crippen LogP contribution in [0.3, 0.4) is 0 Å². The Bertz CT molecular complexity index is 796. The molecule has 9 heteroatoms. The third-order valence-corrected chi connectivity index (χ3v) is 7.29. The van der Waals surface area contributed by atoms with Crippen molar-refractivity contribution < 1.29 is 13.3 Å². The van der Waals surface area contributed by atoms with Gasteiger partial charge in [-0.3, -0.25) is 10.1 Å². The summed E-state index contributed by atoms with van der Waals surface area (Å²) in [6.45, 7) is 8.01. The molecule has 150 valence electrons. The predicted octanol–water partition coefficient (Wildman–Crippen LogP) is 2.01. The van der Waals surface area contributed by atoms with E-state index in [4.69, 9.17) is 0 Å². The molecular formula is C18H28N4O4S. The maximum atomic E-state index is 13.1. The molecule has 0 N–H and O–H groups in total. The number of piperazine rings is 1. The number of sulfonamides is 1. The van der Waals surface area contributed by atoms with Gasteiger partial charge in [0.1, 0.15) is 5.69 Å². The van der Waals surface area contributed by atoms with Gasteiger partial charge >= 0.3 is 0 Å². The van der Waals surface area contributed by atoms with Gasteiger partial charge in [-0.05, 0) is 37.4 Å². The van der Waals surface area contributed by atoms with Crippen LogP contribution in [0.15, 0.2) is 23.1 Å². The summed E-state index contributed by atoms with van der Waals surface area (Å²) in [6, 6.07) is 4.33. The normalized spacial score (nSPS) is 25.5. The molecule has 2 heterocycles. The van der Waals surface area contributed by atoms with E-state index >= 15 is 0 Å². The number of nitrogens with zero attached hydrogens (tertiary/aromatic N) is 4. The highest BCUT2D eigenvalue weighted by Crippen LogP contribution is 2.34. The smallest absolute Gasteiger partial charge is 0.293 e. The van der Waals surface area contributed by atoms with E-state index in [1.54, 1.807) is 6.07 Å². The monoisotopic (exact) mass is 396 g/mol. The van der Waals surface area contributed by atoms with Crippen LogP contribution < -0.4 is 4.90 Å². The van der Waals surface area contributed by atoms with E-state index < -0.39 is 14.9 Å². The van der Waals surface area contributed by atoms with Gasteiger partial charge in [-0.1, -0.05) is 13.8 Å². The second-order valence-corrected chi connectivity index (χ2v) is 9.90. The Morgan fingerprint density at radius 3 is 2.22 bits per heavy atom. The lowest BCUT2D eigenvalue weighted by atomic mass is 9.94. The minimum Gasteiger partial charge on any atom is -0.363 e. The van der Waals surface area contributed by atoms with Crippen molar-refractivity contribution in [2.45, 2.75) is 25.2 Å². The van der Waals surface area contributed by atoms with Crippen molar-refractivity contribution in [2.75, 3.05) is 51.2 Å². The molecule has 1 aromatic rings. The first-order chi connectivity index (χ1) is 12.7. The third kappa shape index (κ3) is 4.25. The first-order valence-corrected chi connectivity index (χ1v) is 10.8. The molecule has 2 aliphatic heterocycles. The summed E-state index contributed by atoms with van der Waals surface area (Å²) >= 11 is 0. The molecule has 0 spiro atoms. The molecule has 0 bridgehead atoms. The lowest BCUT2D eigenvalue weighted by Gasteiger charge is -2.35. The van der Waals surface area contributed by atoms with Crippen LogP contribution in [0.2, 0.25) is 0 Å². The molecule has 0 amide bonds. The van der Waals surface area contributed by atoms with Gasteiger partial charge in [0.2, 0.25) is 10.0 Å². The first kappa shape index (κ1) is 20.0. The number of benzene rings is 1. The maximum absolute atomic E-state index is 13.1. The lowest BCUT2D eigenvalue weighted by Crippen LogP contribution is -2.44. The van der Waals surface area contributed by atoms with Crippen molar-refractivity contribution >= 4 is 21.4 Å². The second-order valence-electron chi connectivity index (χ2n) is 7.97. The topological polar surface area (TPSA) is 87.0 Å². The molecule has 3 rings (SSSR count). The fraction of sp³-hybridized carbons (Fsp3) is 0.667. The molecule has 0 aromatic heterocycles. The summed E-state index contributed by atoms with van der Waals surface area (Å²) < 4.78 is 27.6. The number of nitro benzene ring substituents is 1. The summed E-state index contributed by atoms with van der Waals surface area (Å²) in [4.78, 5) is 15.3. The Morgan fingerprint density at radius 2 is 1.67 bits per heavy atom. The third-order valence-electron chi connectivity index (χ3n) is 5.46. The number of hydrogen-bond acceptors (Lipinski definition) is 6. The Labute approximate surface area is 160 Å². The number of piperidine rings is 1. The van der Waals surface area contributed by atoms with E-state index in [2.05, 4.69) is 4.90 Å². The van der Waals surface area contributed by atoms with Crippen LogP contribution in [-0.2, 0) is 10.0 Å². The zero-order valence-corrected chi connectivity index (χ0v) is 17.0. The summed E-state index contributed by atoms with van der Waals surface area (Å²) in [5.74, 6) is 0.561. The van der Waals surface area contributed by atoms with E-state index in [1.807, 2.05) is 25.8 Å². The number of rotatable bonds is 4. The SMILES string of the molecule is C[C@@H]1C[C@H](C)CN(S(=O)(=O)c2ccc(N3CCN(C)CC3)c([N+](=O)[O-])c2)C1. The molecule has 0 unspecified atom stereocenters. The van der Waals surface area contributed by atoms with Crippen molar-refractivity contribution in [3.63, 3.8) is 0 Å². The van der Waals surface area contributed by atoms with Crippen molar-refractivity contribution in [3.05, 3.63) is 28.3 Å². The highest BCUT2D eigenvalue weighted by atomic mass is 32.2. The van der Waals surface area contributed by atoms with E-state index in [-0.39, 0.29) is 22.4 Å². The Morgan fingerprint density at radius 1 is 1.07 bits per heavy atom. The van der Waals surface area contributed by atoms with Crippen LogP contribution in [0.1, 0.15) is 20.3 Å². The molecule has 2 aliphatic rings. The van der Waals surface area contributed by atoms with Crippen LogP contribution >= 0.6 is 0 Å². The number of nitro groups is 1. The van der Waals surface area contributed by atoms with Crippen molar-refractivity contribution in [2.24, 2.45) is 11.8 Å². The van der Waals surface area contributed by atoms with Gasteiger partial charge in [-0.15, -0.1) is 0 Å². The van der Waals surface area contributed by atoms with E-state index in [1.165, 1.54) is 16.4 Å². The number of anilines is 1. The summed E-state index contributed by atoms with van der Waals surface area (Å²) in [5, 5.41) is 11.6. The molecule has 2 fully saturated rings. The summed E-state index contributed by atoms with van der Waals surface area (Å²) in [5.41, 5.74) is 0.353. The van der Waals surface area contributed by atoms with Crippen molar-refractivity contribution in [1.82, 2.24) is 9.21 Å². The van der Waals surface area contributed by atoms with Gasteiger partial charge in [0.05, 0.1) is 9.82 Å². The number of likely N-dealkylation sites (N-methyl/N-ethyl adjacent to an activating group) is 1. The zero-order valence-electron chi connectivity index (χ0n) is 16.2. The van der Waals surface area contributed by atoms with Crippen LogP contribution in [0.25, 0.3) is 0 Å². The van der Waals surface area contributed by atoms with Gasteiger partial charge in [-0.2, -0.15) is 4.31 Å². The molecule has 0 aliphatic carbocycles. The van der Waals surface area contributed by atoms with Crippen molar-refractivity contribution in [3.8, 4) is 0 Å². The van der Waals surface area contributed by atoms with Gasteiger partial charge in [0.25, 0.3) is 5.69 Å². The maximum Gasteiger partial charge on any atom is 0.293 e. The Hall–Kier alpha value is -1.71. The Kier molecular flexibility index (Phi) is 5.73. The average molecular weight is 397 g/mol. The predicted molar refractivity (Wildman–Crippen MR) is 105 cm³/mol. The fourth-order valence-corrected chi connectivity index (χ4v) is 5.78. The molecule has 2 atom stereocenters. The molecule has 27 heavy (non-hydrogen) atoms. The van der Waals surface area contributed by atoms with E-state index in [9.17, 15) is 18.5 Å². The Balaban J connectivity index is 1.92. The van der Waals surface area contributed by atoms with Crippen LogP contribution in [0.5, 0.6) is 0 Å². The summed E-state index contributed by atoms with van der Waals surface area (Å²) in [7, 11) is -1.72. The molecule has 0 radical (unpaired) electrons. The lowest BCUT2D eigenvalue weighted by molar-refractivity contribution is -0.384. The molecule has 2 saturated heterocycles. The largest absolute Gasteiger partial charge is 0.363 e. The average Bonchev–Trinajstić information content (AvgIpc) is 2.61. The quantitative estimate of drug-likeness (QED) is 0.572. The fourth-order valence-electron chi connectivity index (χ4n) is 4.08. The first-order valence-electron chi connectivity index (χ1n) is 9.40. The van der Waals surface area contributed by atoms with Gasteiger partial charge < -0.3 is 9.80 Å². The molecule has 8 nitrogen and oxygen atoms in total. The van der Waals surface area contributed by atoms with Gasteiger partial charge in [-0.25, -0.2) is 8.42 Å². The number of hydrogen-bond donors (Lipinski definition) is 0. The highest BCUT2D eigenvalue weighted by molar-refractivity contribution is 7.89. The summed E-state index contributed by atoms with van der Waals surface area (Å²) in [6.07, 6.45) is 0.995. The standard InChI is InChI=1S/C18H28N4O4S/c1-14-10-15(2)13-21(12-14)27(25,26)16-4-5-17(18(11-16)22(23)24)20-8-6-19(3)7-9-20/h4-5,11,14-15H,6-10,12-13H2,1-3H3/t14-,15+. The molecule has 1 aromatic carbocycles. The van der Waals surface area contributed by atoms with E-state index in [0.717, 1.165) is 19.5 Å². The molecule has 0 saturated carbocycles. The molecular weight excluding hydrogens is 368 g/mol. The minimum atomic E-state index is -3.74. The zero-order chi connectivity index (χ0) is 19.8. The highest BCUT2D eigenvalue weighted by Gasteiger charge is 2.33. The van der Waals surface area contributed by atoms with Gasteiger partial charge in [0.15, 0.2) is 0 Å². The second kappa shape index (κ2) is 7.73. The van der Waals surface area contributed by atoms with Crippen LogP contribution in [0, 0.1) is 22.0 Å².